The first-order chi connectivity index (χ1) is 24.2. The molecule has 0 aliphatic carbocycles. The SMILES string of the molecule is c1ccc(-c2ccc(-c3nc(-c4ccccc4)nc(-c4ccc(-c5cccc(-c6ccc7c(c6)oc6ccccc67)c5)cc4)n3)cc2)cc1. The number of hydrogen-bond acceptors (Lipinski definition) is 4. The number of benzene rings is 7. The van der Waals surface area contributed by atoms with Crippen LogP contribution in [0.2, 0.25) is 0 Å². The van der Waals surface area contributed by atoms with Crippen LogP contribution in [-0.4, -0.2) is 15.0 Å². The molecule has 230 valence electrons. The maximum atomic E-state index is 6.17. The van der Waals surface area contributed by atoms with Crippen molar-refractivity contribution in [1.82, 2.24) is 15.0 Å². The van der Waals surface area contributed by atoms with Crippen LogP contribution in [0.4, 0.5) is 0 Å². The molecule has 0 atom stereocenters. The Balaban J connectivity index is 1.05. The predicted molar refractivity (Wildman–Crippen MR) is 200 cm³/mol. The number of hydrogen-bond donors (Lipinski definition) is 0. The highest BCUT2D eigenvalue weighted by Gasteiger charge is 2.14. The molecule has 49 heavy (non-hydrogen) atoms. The standard InChI is InChI=1S/C45H29N3O/c1-3-10-30(11-4-1)31-18-22-34(23-19-31)44-46-43(33-12-5-2-6-13-33)47-45(48-44)35-24-20-32(21-25-35)36-14-9-15-37(28-36)38-26-27-40-39-16-7-8-17-41(39)49-42(40)29-38/h1-29H. The second kappa shape index (κ2) is 12.2. The summed E-state index contributed by atoms with van der Waals surface area (Å²) in [4.78, 5) is 14.8. The van der Waals surface area contributed by atoms with Gasteiger partial charge in [0, 0.05) is 27.5 Å². The zero-order valence-electron chi connectivity index (χ0n) is 26.5. The topological polar surface area (TPSA) is 51.8 Å². The van der Waals surface area contributed by atoms with Crippen molar-refractivity contribution in [2.75, 3.05) is 0 Å². The number of para-hydroxylation sites is 1. The van der Waals surface area contributed by atoms with Gasteiger partial charge in [-0.25, -0.2) is 15.0 Å². The van der Waals surface area contributed by atoms with Gasteiger partial charge in [0.1, 0.15) is 11.2 Å². The number of rotatable bonds is 6. The van der Waals surface area contributed by atoms with E-state index in [9.17, 15) is 0 Å². The summed E-state index contributed by atoms with van der Waals surface area (Å²) < 4.78 is 6.17. The first-order valence-corrected chi connectivity index (χ1v) is 16.4. The Bertz CT molecular complexity index is 2570. The Morgan fingerprint density at radius 1 is 0.265 bits per heavy atom. The highest BCUT2D eigenvalue weighted by Crippen LogP contribution is 2.34. The van der Waals surface area contributed by atoms with E-state index in [1.165, 1.54) is 5.56 Å². The summed E-state index contributed by atoms with van der Waals surface area (Å²) in [6, 6.07) is 60.6. The Kier molecular flexibility index (Phi) is 7.10. The molecule has 0 saturated carbocycles. The van der Waals surface area contributed by atoms with E-state index in [1.807, 2.05) is 54.6 Å². The van der Waals surface area contributed by atoms with E-state index < -0.39 is 0 Å². The lowest BCUT2D eigenvalue weighted by Gasteiger charge is -2.10. The second-order valence-electron chi connectivity index (χ2n) is 12.1. The third kappa shape index (κ3) is 5.56. The summed E-state index contributed by atoms with van der Waals surface area (Å²) in [7, 11) is 0. The van der Waals surface area contributed by atoms with Crippen LogP contribution < -0.4 is 0 Å². The Labute approximate surface area is 284 Å². The molecule has 9 rings (SSSR count). The molecular weight excluding hydrogens is 599 g/mol. The van der Waals surface area contributed by atoms with Gasteiger partial charge in [0.15, 0.2) is 17.5 Å². The van der Waals surface area contributed by atoms with E-state index >= 15 is 0 Å². The molecule has 2 aromatic heterocycles. The molecule has 0 spiro atoms. The van der Waals surface area contributed by atoms with Crippen LogP contribution in [0.1, 0.15) is 0 Å². The summed E-state index contributed by atoms with van der Waals surface area (Å²) in [5, 5.41) is 2.27. The quantitative estimate of drug-likeness (QED) is 0.184. The largest absolute Gasteiger partial charge is 0.456 e. The van der Waals surface area contributed by atoms with Crippen LogP contribution in [0.25, 0.3) is 89.5 Å². The van der Waals surface area contributed by atoms with E-state index in [4.69, 9.17) is 19.4 Å². The number of aromatic nitrogens is 3. The maximum absolute atomic E-state index is 6.17. The van der Waals surface area contributed by atoms with Gasteiger partial charge >= 0.3 is 0 Å². The van der Waals surface area contributed by atoms with Crippen LogP contribution in [0.15, 0.2) is 180 Å². The molecule has 2 heterocycles. The van der Waals surface area contributed by atoms with E-state index in [1.54, 1.807) is 0 Å². The Morgan fingerprint density at radius 2 is 0.653 bits per heavy atom. The van der Waals surface area contributed by atoms with Gasteiger partial charge < -0.3 is 4.42 Å². The zero-order valence-corrected chi connectivity index (χ0v) is 26.5. The second-order valence-corrected chi connectivity index (χ2v) is 12.1. The van der Waals surface area contributed by atoms with Crippen molar-refractivity contribution in [1.29, 1.82) is 0 Å². The van der Waals surface area contributed by atoms with Crippen LogP contribution in [0, 0.1) is 0 Å². The summed E-state index contributed by atoms with van der Waals surface area (Å²) >= 11 is 0. The minimum Gasteiger partial charge on any atom is -0.456 e. The molecule has 0 saturated heterocycles. The van der Waals surface area contributed by atoms with Gasteiger partial charge in [0.25, 0.3) is 0 Å². The lowest BCUT2D eigenvalue weighted by molar-refractivity contribution is 0.669. The molecule has 9 aromatic rings. The fraction of sp³-hybridized carbons (Fsp3) is 0. The molecule has 0 bridgehead atoms. The monoisotopic (exact) mass is 627 g/mol. The van der Waals surface area contributed by atoms with E-state index in [0.29, 0.717) is 17.5 Å². The molecule has 0 aliphatic heterocycles. The highest BCUT2D eigenvalue weighted by molar-refractivity contribution is 6.05. The van der Waals surface area contributed by atoms with E-state index in [-0.39, 0.29) is 0 Å². The Hall–Kier alpha value is -6.65. The van der Waals surface area contributed by atoms with Crippen LogP contribution in [0.5, 0.6) is 0 Å². The van der Waals surface area contributed by atoms with Gasteiger partial charge in [-0.3, -0.25) is 0 Å². The van der Waals surface area contributed by atoms with Crippen LogP contribution in [-0.2, 0) is 0 Å². The first kappa shape index (κ1) is 28.6. The fourth-order valence-corrected chi connectivity index (χ4v) is 6.39. The third-order valence-corrected chi connectivity index (χ3v) is 8.97. The Morgan fingerprint density at radius 3 is 1.29 bits per heavy atom. The van der Waals surface area contributed by atoms with Crippen molar-refractivity contribution in [2.45, 2.75) is 0 Å². The molecule has 0 radical (unpaired) electrons. The van der Waals surface area contributed by atoms with Crippen molar-refractivity contribution < 1.29 is 4.42 Å². The molecule has 0 aliphatic rings. The average Bonchev–Trinajstić information content (AvgIpc) is 3.57. The van der Waals surface area contributed by atoms with Gasteiger partial charge in [-0.05, 0) is 57.6 Å². The smallest absolute Gasteiger partial charge is 0.164 e. The molecule has 4 nitrogen and oxygen atoms in total. The van der Waals surface area contributed by atoms with Crippen molar-refractivity contribution in [2.24, 2.45) is 0 Å². The summed E-state index contributed by atoms with van der Waals surface area (Å²) in [6.45, 7) is 0. The van der Waals surface area contributed by atoms with Gasteiger partial charge in [0.2, 0.25) is 0 Å². The van der Waals surface area contributed by atoms with Gasteiger partial charge in [-0.2, -0.15) is 0 Å². The molecule has 0 unspecified atom stereocenters. The van der Waals surface area contributed by atoms with Crippen LogP contribution in [0.3, 0.4) is 0 Å². The molecule has 0 fully saturated rings. The lowest BCUT2D eigenvalue weighted by atomic mass is 9.97. The molecule has 0 amide bonds. The van der Waals surface area contributed by atoms with Crippen molar-refractivity contribution in [3.8, 4) is 67.5 Å². The molecule has 7 aromatic carbocycles. The van der Waals surface area contributed by atoms with Crippen LogP contribution >= 0.6 is 0 Å². The van der Waals surface area contributed by atoms with Crippen molar-refractivity contribution in [3.63, 3.8) is 0 Å². The van der Waals surface area contributed by atoms with Crippen molar-refractivity contribution in [3.05, 3.63) is 176 Å². The minimum absolute atomic E-state index is 0.635. The molecule has 0 N–H and O–H groups in total. The highest BCUT2D eigenvalue weighted by atomic mass is 16.3. The third-order valence-electron chi connectivity index (χ3n) is 8.97. The summed E-state index contributed by atoms with van der Waals surface area (Å²) in [5.41, 5.74) is 11.4. The predicted octanol–water partition coefficient (Wildman–Crippen LogP) is 11.8. The van der Waals surface area contributed by atoms with Gasteiger partial charge in [-0.1, -0.05) is 152 Å². The fourth-order valence-electron chi connectivity index (χ4n) is 6.39. The van der Waals surface area contributed by atoms with E-state index in [2.05, 4.69) is 121 Å². The minimum atomic E-state index is 0.635. The van der Waals surface area contributed by atoms with E-state index in [0.717, 1.165) is 66.4 Å². The number of nitrogens with zero attached hydrogens (tertiary/aromatic N) is 3. The molecule has 4 heteroatoms. The zero-order chi connectivity index (χ0) is 32.6. The number of fused-ring (bicyclic) bond motifs is 3. The maximum Gasteiger partial charge on any atom is 0.164 e. The summed E-state index contributed by atoms with van der Waals surface area (Å²) in [5.74, 6) is 1.92. The normalized spacial score (nSPS) is 11.3. The number of furan rings is 1. The van der Waals surface area contributed by atoms with Gasteiger partial charge in [0.05, 0.1) is 0 Å². The first-order valence-electron chi connectivity index (χ1n) is 16.4. The van der Waals surface area contributed by atoms with Gasteiger partial charge in [-0.15, -0.1) is 0 Å². The lowest BCUT2D eigenvalue weighted by Crippen LogP contribution is -2.00. The summed E-state index contributed by atoms with van der Waals surface area (Å²) in [6.07, 6.45) is 0. The molecular formula is C45H29N3O. The average molecular weight is 628 g/mol. The van der Waals surface area contributed by atoms with Crippen molar-refractivity contribution >= 4 is 21.9 Å².